The average molecular weight is 442 g/mol. The molecule has 2 amide bonds. The van der Waals surface area contributed by atoms with Crippen molar-refractivity contribution >= 4 is 11.8 Å². The Bertz CT molecular complexity index is 1160. The summed E-state index contributed by atoms with van der Waals surface area (Å²) < 4.78 is 6.20. The first-order valence-electron chi connectivity index (χ1n) is 11.5. The van der Waals surface area contributed by atoms with Gasteiger partial charge in [-0.2, -0.15) is 0 Å². The van der Waals surface area contributed by atoms with Gasteiger partial charge >= 0.3 is 0 Å². The molecule has 2 aliphatic rings. The zero-order chi connectivity index (χ0) is 22.6. The molecule has 0 saturated heterocycles. The van der Waals surface area contributed by atoms with E-state index in [1.165, 1.54) is 18.4 Å². The fraction of sp³-hybridized carbons (Fsp3) is 0.296. The number of benzene rings is 2. The normalized spacial score (nSPS) is 16.7. The summed E-state index contributed by atoms with van der Waals surface area (Å²) in [7, 11) is 0. The largest absolute Gasteiger partial charge is 0.491 e. The fourth-order valence-corrected chi connectivity index (χ4v) is 4.23. The standard InChI is InChI=1S/C27H27N3O3/c31-26-22-5-3-4-19(16-22)17-23-18-21(20-7-8-20)9-10-25(23)33-15-14-30(13-12-29-26)27(32)24-6-1-2-11-28-24/h1-6,9-11,16,18,20H,7-8,12-15,17H2,(H,29,31). The minimum absolute atomic E-state index is 0.137. The van der Waals surface area contributed by atoms with Gasteiger partial charge in [0.2, 0.25) is 0 Å². The van der Waals surface area contributed by atoms with Crippen molar-refractivity contribution < 1.29 is 14.3 Å². The molecule has 0 unspecified atom stereocenters. The van der Waals surface area contributed by atoms with Gasteiger partial charge in [-0.1, -0.05) is 30.3 Å². The van der Waals surface area contributed by atoms with Crippen LogP contribution in [0.2, 0.25) is 0 Å². The lowest BCUT2D eigenvalue weighted by molar-refractivity contribution is 0.0718. The van der Waals surface area contributed by atoms with E-state index in [2.05, 4.69) is 28.5 Å². The SMILES string of the molecule is O=C1NCCN(C(=O)c2ccccn2)CCOc2ccc(C3CC3)cc2Cc2cccc1c2. The lowest BCUT2D eigenvalue weighted by Gasteiger charge is -2.23. The van der Waals surface area contributed by atoms with Crippen LogP contribution in [-0.2, 0) is 6.42 Å². The number of ether oxygens (including phenoxy) is 1. The summed E-state index contributed by atoms with van der Waals surface area (Å²) in [5.74, 6) is 1.16. The molecule has 33 heavy (non-hydrogen) atoms. The quantitative estimate of drug-likeness (QED) is 0.656. The van der Waals surface area contributed by atoms with Crippen molar-refractivity contribution in [2.45, 2.75) is 25.2 Å². The number of hydrogen-bond acceptors (Lipinski definition) is 4. The highest BCUT2D eigenvalue weighted by molar-refractivity contribution is 5.94. The van der Waals surface area contributed by atoms with E-state index in [-0.39, 0.29) is 11.8 Å². The third-order valence-corrected chi connectivity index (χ3v) is 6.17. The number of amides is 2. The van der Waals surface area contributed by atoms with Gasteiger partial charge in [0.25, 0.3) is 11.8 Å². The first-order valence-corrected chi connectivity index (χ1v) is 11.5. The highest BCUT2D eigenvalue weighted by Gasteiger charge is 2.25. The lowest BCUT2D eigenvalue weighted by Crippen LogP contribution is -2.41. The van der Waals surface area contributed by atoms with E-state index in [0.717, 1.165) is 16.9 Å². The van der Waals surface area contributed by atoms with Gasteiger partial charge in [0.15, 0.2) is 0 Å². The number of nitrogens with one attached hydrogen (secondary N) is 1. The van der Waals surface area contributed by atoms with Crippen LogP contribution in [0.3, 0.4) is 0 Å². The highest BCUT2D eigenvalue weighted by atomic mass is 16.5. The number of nitrogens with zero attached hydrogens (tertiary/aromatic N) is 2. The van der Waals surface area contributed by atoms with Gasteiger partial charge in [0, 0.05) is 31.3 Å². The number of carbonyl (C=O) groups excluding carboxylic acids is 2. The van der Waals surface area contributed by atoms with Crippen LogP contribution >= 0.6 is 0 Å². The van der Waals surface area contributed by atoms with Crippen LogP contribution in [0.25, 0.3) is 0 Å². The second-order valence-corrected chi connectivity index (χ2v) is 8.63. The van der Waals surface area contributed by atoms with Gasteiger partial charge in [-0.3, -0.25) is 14.6 Å². The van der Waals surface area contributed by atoms with E-state index in [1.807, 2.05) is 24.3 Å². The number of rotatable bonds is 2. The summed E-state index contributed by atoms with van der Waals surface area (Å²) in [5, 5.41) is 2.94. The Balaban J connectivity index is 1.44. The third-order valence-electron chi connectivity index (χ3n) is 6.17. The Kier molecular flexibility index (Phi) is 6.07. The topological polar surface area (TPSA) is 71.5 Å². The Labute approximate surface area is 193 Å². The molecule has 1 saturated carbocycles. The summed E-state index contributed by atoms with van der Waals surface area (Å²) in [4.78, 5) is 31.6. The predicted molar refractivity (Wildman–Crippen MR) is 126 cm³/mol. The van der Waals surface area contributed by atoms with Gasteiger partial charge in [-0.15, -0.1) is 0 Å². The van der Waals surface area contributed by atoms with Crippen molar-refractivity contribution in [3.63, 3.8) is 0 Å². The van der Waals surface area contributed by atoms with E-state index in [1.54, 1.807) is 29.3 Å². The maximum atomic E-state index is 13.0. The van der Waals surface area contributed by atoms with Crippen LogP contribution in [0, 0.1) is 0 Å². The van der Waals surface area contributed by atoms with Crippen molar-refractivity contribution in [3.8, 4) is 5.75 Å². The Morgan fingerprint density at radius 1 is 1.03 bits per heavy atom. The van der Waals surface area contributed by atoms with Gasteiger partial charge in [0.1, 0.15) is 18.1 Å². The monoisotopic (exact) mass is 441 g/mol. The zero-order valence-corrected chi connectivity index (χ0v) is 18.5. The van der Waals surface area contributed by atoms with Crippen LogP contribution in [0.1, 0.15) is 56.3 Å². The molecule has 1 aromatic heterocycles. The molecule has 6 heteroatoms. The molecule has 168 valence electrons. The average Bonchev–Trinajstić information content (AvgIpc) is 3.69. The zero-order valence-electron chi connectivity index (χ0n) is 18.5. The highest BCUT2D eigenvalue weighted by Crippen LogP contribution is 2.41. The molecule has 0 spiro atoms. The van der Waals surface area contributed by atoms with Crippen LogP contribution in [0.5, 0.6) is 5.75 Å². The van der Waals surface area contributed by atoms with Crippen LogP contribution in [0.15, 0.2) is 66.9 Å². The van der Waals surface area contributed by atoms with Crippen molar-refractivity contribution in [1.29, 1.82) is 0 Å². The predicted octanol–water partition coefficient (Wildman–Crippen LogP) is 3.81. The van der Waals surface area contributed by atoms with Crippen molar-refractivity contribution in [2.24, 2.45) is 0 Å². The van der Waals surface area contributed by atoms with E-state index in [9.17, 15) is 9.59 Å². The fourth-order valence-electron chi connectivity index (χ4n) is 4.23. The second kappa shape index (κ2) is 9.45. The molecule has 1 aliphatic carbocycles. The minimum atomic E-state index is -0.174. The first kappa shape index (κ1) is 21.2. The molecule has 2 bridgehead atoms. The Morgan fingerprint density at radius 3 is 2.76 bits per heavy atom. The molecule has 1 N–H and O–H groups in total. The summed E-state index contributed by atoms with van der Waals surface area (Å²) >= 11 is 0. The number of pyridine rings is 1. The van der Waals surface area contributed by atoms with E-state index in [4.69, 9.17) is 4.74 Å². The Morgan fingerprint density at radius 2 is 1.94 bits per heavy atom. The minimum Gasteiger partial charge on any atom is -0.491 e. The Hall–Kier alpha value is -3.67. The van der Waals surface area contributed by atoms with Gasteiger partial charge in [-0.05, 0) is 65.8 Å². The molecule has 3 aromatic rings. The lowest BCUT2D eigenvalue weighted by atomic mass is 9.98. The molecule has 0 atom stereocenters. The number of hydrogen-bond donors (Lipinski definition) is 1. The molecular formula is C27H27N3O3. The molecule has 0 radical (unpaired) electrons. The third kappa shape index (κ3) is 5.06. The van der Waals surface area contributed by atoms with E-state index in [0.29, 0.717) is 49.8 Å². The van der Waals surface area contributed by atoms with Crippen molar-refractivity contribution in [1.82, 2.24) is 15.2 Å². The smallest absolute Gasteiger partial charge is 0.272 e. The number of fused-ring (bicyclic) bond motifs is 3. The number of carbonyl (C=O) groups is 2. The van der Waals surface area contributed by atoms with Crippen LogP contribution in [0.4, 0.5) is 0 Å². The summed E-state index contributed by atoms with van der Waals surface area (Å²) in [6.45, 7) is 1.49. The van der Waals surface area contributed by atoms with Crippen LogP contribution in [-0.4, -0.2) is 47.9 Å². The van der Waals surface area contributed by atoms with Crippen LogP contribution < -0.4 is 10.1 Å². The molecule has 2 heterocycles. The first-order chi connectivity index (χ1) is 16.2. The molecule has 1 fully saturated rings. The van der Waals surface area contributed by atoms with Gasteiger partial charge in [0.05, 0.1) is 6.54 Å². The van der Waals surface area contributed by atoms with Crippen molar-refractivity contribution in [3.05, 3.63) is 94.8 Å². The summed E-state index contributed by atoms with van der Waals surface area (Å²) in [6, 6.07) is 19.4. The van der Waals surface area contributed by atoms with E-state index >= 15 is 0 Å². The van der Waals surface area contributed by atoms with Crippen molar-refractivity contribution in [2.75, 3.05) is 26.2 Å². The molecule has 5 rings (SSSR count). The molecule has 1 aliphatic heterocycles. The molecule has 2 aromatic carbocycles. The van der Waals surface area contributed by atoms with Gasteiger partial charge < -0.3 is 15.0 Å². The summed E-state index contributed by atoms with van der Waals surface area (Å²) in [5.41, 5.74) is 4.53. The maximum absolute atomic E-state index is 13.0. The number of aromatic nitrogens is 1. The van der Waals surface area contributed by atoms with Gasteiger partial charge in [-0.25, -0.2) is 0 Å². The van der Waals surface area contributed by atoms with E-state index < -0.39 is 0 Å². The maximum Gasteiger partial charge on any atom is 0.272 e. The second-order valence-electron chi connectivity index (χ2n) is 8.63. The molecule has 6 nitrogen and oxygen atoms in total. The molecular weight excluding hydrogens is 414 g/mol. The summed E-state index contributed by atoms with van der Waals surface area (Å²) in [6.07, 6.45) is 4.77.